The van der Waals surface area contributed by atoms with Crippen LogP contribution in [0.15, 0.2) is 0 Å². The molecular formula is C9H13N3O3S. The fraction of sp³-hybridized carbons (Fsp3) is 0.667. The van der Waals surface area contributed by atoms with Gasteiger partial charge >= 0.3 is 5.97 Å². The highest BCUT2D eigenvalue weighted by Crippen LogP contribution is 2.24. The second-order valence-corrected chi connectivity index (χ2v) is 4.78. The van der Waals surface area contributed by atoms with Crippen molar-refractivity contribution < 1.29 is 14.6 Å². The molecular weight excluding hydrogens is 230 g/mol. The predicted molar refractivity (Wildman–Crippen MR) is 58.9 cm³/mol. The smallest absolute Gasteiger partial charge is 0.305 e. The SMILES string of the molecule is Cc1nnc(N2CCOCC2CC(=O)O)s1. The molecule has 1 N–H and O–H groups in total. The Hall–Kier alpha value is -1.21. The number of aliphatic carboxylic acids is 1. The molecule has 1 aliphatic heterocycles. The summed E-state index contributed by atoms with van der Waals surface area (Å²) in [5.41, 5.74) is 0. The Kier molecular flexibility index (Phi) is 3.35. The zero-order valence-electron chi connectivity index (χ0n) is 8.92. The van der Waals surface area contributed by atoms with Gasteiger partial charge in [-0.15, -0.1) is 10.2 Å². The molecule has 2 rings (SSSR count). The van der Waals surface area contributed by atoms with E-state index in [0.29, 0.717) is 19.8 Å². The van der Waals surface area contributed by atoms with Gasteiger partial charge in [-0.05, 0) is 6.92 Å². The lowest BCUT2D eigenvalue weighted by molar-refractivity contribution is -0.138. The van der Waals surface area contributed by atoms with Gasteiger partial charge in [-0.1, -0.05) is 11.3 Å². The average Bonchev–Trinajstić information content (AvgIpc) is 2.65. The van der Waals surface area contributed by atoms with E-state index in [4.69, 9.17) is 9.84 Å². The summed E-state index contributed by atoms with van der Waals surface area (Å²) in [7, 11) is 0. The Morgan fingerprint density at radius 3 is 3.12 bits per heavy atom. The molecule has 1 fully saturated rings. The van der Waals surface area contributed by atoms with Crippen LogP contribution in [0.2, 0.25) is 0 Å². The van der Waals surface area contributed by atoms with Crippen LogP contribution in [0.4, 0.5) is 5.13 Å². The van der Waals surface area contributed by atoms with Crippen molar-refractivity contribution in [2.75, 3.05) is 24.7 Å². The number of hydrogen-bond acceptors (Lipinski definition) is 6. The van der Waals surface area contributed by atoms with E-state index < -0.39 is 5.97 Å². The minimum atomic E-state index is -0.818. The number of rotatable bonds is 3. The van der Waals surface area contributed by atoms with Gasteiger partial charge in [0.15, 0.2) is 0 Å². The summed E-state index contributed by atoms with van der Waals surface area (Å²) in [4.78, 5) is 12.7. The second-order valence-electron chi connectivity index (χ2n) is 3.62. The topological polar surface area (TPSA) is 75.5 Å². The Labute approximate surface area is 96.9 Å². The minimum Gasteiger partial charge on any atom is -0.481 e. The fourth-order valence-corrected chi connectivity index (χ4v) is 2.46. The second kappa shape index (κ2) is 4.75. The third kappa shape index (κ3) is 2.48. The molecule has 0 aliphatic carbocycles. The average molecular weight is 243 g/mol. The first-order valence-electron chi connectivity index (χ1n) is 5.03. The summed E-state index contributed by atoms with van der Waals surface area (Å²) in [6, 6.07) is -0.140. The van der Waals surface area contributed by atoms with Crippen LogP contribution in [-0.2, 0) is 9.53 Å². The number of aromatic nitrogens is 2. The highest BCUT2D eigenvalue weighted by Gasteiger charge is 2.27. The van der Waals surface area contributed by atoms with E-state index >= 15 is 0 Å². The first-order chi connectivity index (χ1) is 7.66. The molecule has 0 radical (unpaired) electrons. The molecule has 1 aliphatic rings. The zero-order chi connectivity index (χ0) is 11.5. The van der Waals surface area contributed by atoms with Gasteiger partial charge < -0.3 is 14.7 Å². The molecule has 1 unspecified atom stereocenters. The van der Waals surface area contributed by atoms with Gasteiger partial charge in [-0.2, -0.15) is 0 Å². The van der Waals surface area contributed by atoms with E-state index in [-0.39, 0.29) is 12.5 Å². The Bertz CT molecular complexity index is 382. The molecule has 1 saturated heterocycles. The van der Waals surface area contributed by atoms with E-state index in [0.717, 1.165) is 10.1 Å². The summed E-state index contributed by atoms with van der Waals surface area (Å²) in [5, 5.41) is 18.5. The maximum absolute atomic E-state index is 10.7. The molecule has 0 amide bonds. The Balaban J connectivity index is 2.12. The molecule has 0 bridgehead atoms. The summed E-state index contributed by atoms with van der Waals surface area (Å²) in [6.07, 6.45) is 0.0681. The van der Waals surface area contributed by atoms with Crippen molar-refractivity contribution in [1.29, 1.82) is 0 Å². The van der Waals surface area contributed by atoms with Crippen LogP contribution in [0.5, 0.6) is 0 Å². The number of ether oxygens (including phenoxy) is 1. The van der Waals surface area contributed by atoms with Crippen LogP contribution < -0.4 is 4.90 Å². The molecule has 1 atom stereocenters. The number of nitrogens with zero attached hydrogens (tertiary/aromatic N) is 3. The van der Waals surface area contributed by atoms with E-state index in [2.05, 4.69) is 10.2 Å². The number of anilines is 1. The van der Waals surface area contributed by atoms with Gasteiger partial charge in [0, 0.05) is 6.54 Å². The first kappa shape index (κ1) is 11.3. The third-order valence-electron chi connectivity index (χ3n) is 2.40. The number of aryl methyl sites for hydroxylation is 1. The number of hydrogen-bond donors (Lipinski definition) is 1. The molecule has 0 aromatic carbocycles. The Morgan fingerprint density at radius 1 is 1.69 bits per heavy atom. The minimum absolute atomic E-state index is 0.0681. The van der Waals surface area contributed by atoms with E-state index in [9.17, 15) is 4.79 Å². The van der Waals surface area contributed by atoms with Gasteiger partial charge in [-0.3, -0.25) is 4.79 Å². The normalized spacial score (nSPS) is 21.1. The zero-order valence-corrected chi connectivity index (χ0v) is 9.74. The van der Waals surface area contributed by atoms with Crippen molar-refractivity contribution in [3.8, 4) is 0 Å². The van der Waals surface area contributed by atoms with Gasteiger partial charge in [0.2, 0.25) is 5.13 Å². The van der Waals surface area contributed by atoms with Gasteiger partial charge in [0.1, 0.15) is 5.01 Å². The maximum Gasteiger partial charge on any atom is 0.305 e. The molecule has 0 saturated carbocycles. The van der Waals surface area contributed by atoms with Gasteiger partial charge in [0.05, 0.1) is 25.7 Å². The number of carboxylic acids is 1. The molecule has 88 valence electrons. The van der Waals surface area contributed by atoms with Gasteiger partial charge in [-0.25, -0.2) is 0 Å². The maximum atomic E-state index is 10.7. The van der Waals surface area contributed by atoms with E-state index in [1.807, 2.05) is 11.8 Å². The van der Waals surface area contributed by atoms with Gasteiger partial charge in [0.25, 0.3) is 0 Å². The molecule has 1 aromatic rings. The summed E-state index contributed by atoms with van der Waals surface area (Å²) in [6.45, 7) is 3.60. The van der Waals surface area contributed by atoms with Crippen LogP contribution in [0.1, 0.15) is 11.4 Å². The summed E-state index contributed by atoms with van der Waals surface area (Å²) in [5.74, 6) is -0.818. The Morgan fingerprint density at radius 2 is 2.50 bits per heavy atom. The lowest BCUT2D eigenvalue weighted by Crippen LogP contribution is -2.46. The molecule has 2 heterocycles. The van der Waals surface area contributed by atoms with Crippen molar-refractivity contribution in [2.45, 2.75) is 19.4 Å². The van der Waals surface area contributed by atoms with Crippen LogP contribution in [0.25, 0.3) is 0 Å². The largest absolute Gasteiger partial charge is 0.481 e. The molecule has 7 heteroatoms. The highest BCUT2D eigenvalue weighted by atomic mass is 32.1. The summed E-state index contributed by atoms with van der Waals surface area (Å²) < 4.78 is 5.29. The van der Waals surface area contributed by atoms with Crippen molar-refractivity contribution in [3.63, 3.8) is 0 Å². The molecule has 6 nitrogen and oxygen atoms in total. The third-order valence-corrected chi connectivity index (χ3v) is 3.27. The quantitative estimate of drug-likeness (QED) is 0.834. The molecule has 16 heavy (non-hydrogen) atoms. The highest BCUT2D eigenvalue weighted by molar-refractivity contribution is 7.15. The first-order valence-corrected chi connectivity index (χ1v) is 5.85. The van der Waals surface area contributed by atoms with Crippen LogP contribution >= 0.6 is 11.3 Å². The predicted octanol–water partition coefficient (Wildman–Crippen LogP) is 0.526. The van der Waals surface area contributed by atoms with Crippen LogP contribution in [0, 0.1) is 6.92 Å². The summed E-state index contributed by atoms with van der Waals surface area (Å²) >= 11 is 1.48. The number of carbonyl (C=O) groups is 1. The fourth-order valence-electron chi connectivity index (χ4n) is 1.68. The lowest BCUT2D eigenvalue weighted by atomic mass is 10.2. The standard InChI is InChI=1S/C9H13N3O3S/c1-6-10-11-9(16-6)12-2-3-15-5-7(12)4-8(13)14/h7H,2-5H2,1H3,(H,13,14). The molecule has 1 aromatic heterocycles. The van der Waals surface area contributed by atoms with Crippen LogP contribution in [0.3, 0.4) is 0 Å². The number of morpholine rings is 1. The van der Waals surface area contributed by atoms with Crippen molar-refractivity contribution in [3.05, 3.63) is 5.01 Å². The van der Waals surface area contributed by atoms with Crippen LogP contribution in [-0.4, -0.2) is 47.1 Å². The lowest BCUT2D eigenvalue weighted by Gasteiger charge is -2.34. The number of carboxylic acid groups (broad SMARTS) is 1. The van der Waals surface area contributed by atoms with Crippen molar-refractivity contribution >= 4 is 22.4 Å². The molecule has 0 spiro atoms. The van der Waals surface area contributed by atoms with Crippen molar-refractivity contribution in [1.82, 2.24) is 10.2 Å². The van der Waals surface area contributed by atoms with E-state index in [1.54, 1.807) is 0 Å². The van der Waals surface area contributed by atoms with Crippen molar-refractivity contribution in [2.24, 2.45) is 0 Å². The van der Waals surface area contributed by atoms with E-state index in [1.165, 1.54) is 11.3 Å². The monoisotopic (exact) mass is 243 g/mol.